The molecule has 2 amide bonds. The van der Waals surface area contributed by atoms with E-state index in [1.165, 1.54) is 47.4 Å². The molecule has 48 heavy (non-hydrogen) atoms. The number of carbonyl (C=O) groups excluding carboxylic acids is 2. The molecular formula is C37H38Cl2FN3O4S. The van der Waals surface area contributed by atoms with Crippen molar-refractivity contribution in [2.45, 2.75) is 69.0 Å². The van der Waals surface area contributed by atoms with E-state index in [9.17, 15) is 22.4 Å². The molecule has 0 heterocycles. The van der Waals surface area contributed by atoms with E-state index >= 15 is 0 Å². The summed E-state index contributed by atoms with van der Waals surface area (Å²) in [7, 11) is -4.35. The van der Waals surface area contributed by atoms with Gasteiger partial charge in [-0.05, 0) is 73.4 Å². The molecule has 0 saturated heterocycles. The van der Waals surface area contributed by atoms with Crippen LogP contribution in [0.2, 0.25) is 10.0 Å². The molecule has 0 spiro atoms. The fraction of sp³-hybridized carbons (Fsp3) is 0.297. The number of nitrogens with one attached hydrogen (secondary N) is 1. The first-order valence-corrected chi connectivity index (χ1v) is 18.1. The van der Waals surface area contributed by atoms with Gasteiger partial charge in [0.2, 0.25) is 11.8 Å². The van der Waals surface area contributed by atoms with Gasteiger partial charge in [-0.3, -0.25) is 13.9 Å². The second-order valence-electron chi connectivity index (χ2n) is 12.1. The van der Waals surface area contributed by atoms with Crippen molar-refractivity contribution in [2.24, 2.45) is 0 Å². The molecule has 1 aliphatic carbocycles. The Bertz CT molecular complexity index is 1820. The minimum absolute atomic E-state index is 0.0195. The van der Waals surface area contributed by atoms with Gasteiger partial charge in [0.1, 0.15) is 18.4 Å². The first kappa shape index (κ1) is 35.4. The summed E-state index contributed by atoms with van der Waals surface area (Å²) in [6.07, 6.45) is 4.95. The van der Waals surface area contributed by atoms with Crippen LogP contribution in [0.1, 0.15) is 48.8 Å². The number of amides is 2. The van der Waals surface area contributed by atoms with Crippen molar-refractivity contribution in [2.75, 3.05) is 10.8 Å². The van der Waals surface area contributed by atoms with Crippen LogP contribution in [-0.4, -0.2) is 43.8 Å². The highest BCUT2D eigenvalue weighted by Gasteiger charge is 2.36. The molecule has 1 unspecified atom stereocenters. The molecule has 1 aliphatic rings. The number of sulfonamides is 1. The Hall–Kier alpha value is -3.92. The molecule has 0 aromatic heterocycles. The summed E-state index contributed by atoms with van der Waals surface area (Å²) in [4.78, 5) is 30.2. The second-order valence-corrected chi connectivity index (χ2v) is 14.8. The van der Waals surface area contributed by atoms with Gasteiger partial charge >= 0.3 is 0 Å². The van der Waals surface area contributed by atoms with Crippen LogP contribution in [0.3, 0.4) is 0 Å². The lowest BCUT2D eigenvalue weighted by molar-refractivity contribution is -0.140. The Morgan fingerprint density at radius 2 is 1.54 bits per heavy atom. The Kier molecular flexibility index (Phi) is 11.8. The minimum Gasteiger partial charge on any atom is -0.352 e. The molecular weight excluding hydrogens is 672 g/mol. The molecule has 1 atom stereocenters. The van der Waals surface area contributed by atoms with Gasteiger partial charge in [0, 0.05) is 24.0 Å². The molecule has 1 saturated carbocycles. The molecule has 0 bridgehead atoms. The Labute approximate surface area is 291 Å². The van der Waals surface area contributed by atoms with Crippen LogP contribution in [0.5, 0.6) is 0 Å². The topological polar surface area (TPSA) is 86.8 Å². The Morgan fingerprint density at radius 3 is 2.21 bits per heavy atom. The maximum atomic E-state index is 14.6. The van der Waals surface area contributed by atoms with Crippen LogP contribution in [0.25, 0.3) is 0 Å². The summed E-state index contributed by atoms with van der Waals surface area (Å²) in [5.74, 6) is -1.43. The van der Waals surface area contributed by atoms with Gasteiger partial charge in [-0.1, -0.05) is 103 Å². The lowest BCUT2D eigenvalue weighted by Gasteiger charge is -2.35. The second kappa shape index (κ2) is 16.0. The number of rotatable bonds is 12. The standard InChI is InChI=1S/C37H38Cl2FN3O4S/c1-26-12-19-32(20-13-26)48(46,47)43(34-23-29(38)16-21-33(34)39)25-36(44)42(24-28-14-17-30(40)18-15-28)35(22-27-8-4-2-5-9-27)37(45)41-31-10-6-3-7-11-31/h2,4-5,8-9,12-21,23,31,35H,3,6-7,10-11,22,24-25H2,1H3,(H,41,45). The van der Waals surface area contributed by atoms with Crippen molar-refractivity contribution in [1.29, 1.82) is 0 Å². The highest BCUT2D eigenvalue weighted by Crippen LogP contribution is 2.33. The zero-order valence-corrected chi connectivity index (χ0v) is 28.9. The minimum atomic E-state index is -4.35. The number of carbonyl (C=O) groups is 2. The van der Waals surface area contributed by atoms with Crippen molar-refractivity contribution in [3.05, 3.63) is 130 Å². The van der Waals surface area contributed by atoms with Gasteiger partial charge in [-0.15, -0.1) is 0 Å². The van der Waals surface area contributed by atoms with Gasteiger partial charge in [-0.2, -0.15) is 0 Å². The average molecular weight is 711 g/mol. The SMILES string of the molecule is Cc1ccc(S(=O)(=O)N(CC(=O)N(Cc2ccc(F)cc2)C(Cc2ccccc2)C(=O)NC2CCCCC2)c2cc(Cl)ccc2Cl)cc1. The third-order valence-corrected chi connectivity index (χ3v) is 10.9. The van der Waals surface area contributed by atoms with E-state index in [1.54, 1.807) is 24.3 Å². The summed E-state index contributed by atoms with van der Waals surface area (Å²) >= 11 is 12.9. The molecule has 4 aromatic carbocycles. The van der Waals surface area contributed by atoms with Gasteiger partial charge < -0.3 is 10.2 Å². The first-order valence-electron chi connectivity index (χ1n) is 15.9. The van der Waals surface area contributed by atoms with Gasteiger partial charge in [0.25, 0.3) is 10.0 Å². The summed E-state index contributed by atoms with van der Waals surface area (Å²) in [5, 5.41) is 3.47. The van der Waals surface area contributed by atoms with Crippen LogP contribution in [0, 0.1) is 12.7 Å². The van der Waals surface area contributed by atoms with Crippen LogP contribution < -0.4 is 9.62 Å². The fourth-order valence-electron chi connectivity index (χ4n) is 5.91. The first-order chi connectivity index (χ1) is 23.0. The molecule has 7 nitrogen and oxygen atoms in total. The number of hydrogen-bond acceptors (Lipinski definition) is 4. The predicted octanol–water partition coefficient (Wildman–Crippen LogP) is 7.73. The summed E-state index contributed by atoms with van der Waals surface area (Å²) < 4.78 is 43.4. The van der Waals surface area contributed by atoms with E-state index in [1.807, 2.05) is 37.3 Å². The largest absolute Gasteiger partial charge is 0.352 e. The van der Waals surface area contributed by atoms with Gasteiger partial charge in [0.15, 0.2) is 0 Å². The van der Waals surface area contributed by atoms with Crippen LogP contribution >= 0.6 is 23.2 Å². The lowest BCUT2D eigenvalue weighted by Crippen LogP contribution is -2.55. The maximum Gasteiger partial charge on any atom is 0.264 e. The number of anilines is 1. The number of nitrogens with zero attached hydrogens (tertiary/aromatic N) is 2. The van der Waals surface area contributed by atoms with Crippen molar-refractivity contribution in [1.82, 2.24) is 10.2 Å². The Balaban J connectivity index is 1.58. The lowest BCUT2D eigenvalue weighted by atomic mass is 9.94. The van der Waals surface area contributed by atoms with Crippen molar-refractivity contribution < 1.29 is 22.4 Å². The molecule has 11 heteroatoms. The zero-order chi connectivity index (χ0) is 34.3. The van der Waals surface area contributed by atoms with E-state index in [0.717, 1.165) is 47.5 Å². The van der Waals surface area contributed by atoms with E-state index in [-0.39, 0.29) is 45.5 Å². The summed E-state index contributed by atoms with van der Waals surface area (Å²) in [6, 6.07) is 24.6. The zero-order valence-electron chi connectivity index (χ0n) is 26.6. The molecule has 1 fully saturated rings. The normalized spacial score (nSPS) is 14.2. The number of benzene rings is 4. The quantitative estimate of drug-likeness (QED) is 0.163. The number of hydrogen-bond donors (Lipinski definition) is 1. The molecule has 5 rings (SSSR count). The molecule has 0 aliphatic heterocycles. The van der Waals surface area contributed by atoms with Crippen LogP contribution in [-0.2, 0) is 32.6 Å². The van der Waals surface area contributed by atoms with Gasteiger partial charge in [-0.25, -0.2) is 12.8 Å². The van der Waals surface area contributed by atoms with E-state index in [0.29, 0.717) is 5.56 Å². The molecule has 1 N–H and O–H groups in total. The molecule has 252 valence electrons. The van der Waals surface area contributed by atoms with Crippen LogP contribution in [0.15, 0.2) is 102 Å². The highest BCUT2D eigenvalue weighted by atomic mass is 35.5. The Morgan fingerprint density at radius 1 is 0.875 bits per heavy atom. The van der Waals surface area contributed by atoms with Crippen molar-refractivity contribution in [3.8, 4) is 0 Å². The highest BCUT2D eigenvalue weighted by molar-refractivity contribution is 7.92. The van der Waals surface area contributed by atoms with Gasteiger partial charge in [0.05, 0.1) is 15.6 Å². The van der Waals surface area contributed by atoms with E-state index in [2.05, 4.69) is 5.32 Å². The van der Waals surface area contributed by atoms with Crippen molar-refractivity contribution >= 4 is 50.7 Å². The number of aryl methyl sites for hydroxylation is 1. The fourth-order valence-corrected chi connectivity index (χ4v) is 7.77. The van der Waals surface area contributed by atoms with E-state index < -0.39 is 34.3 Å². The summed E-state index contributed by atoms with van der Waals surface area (Å²) in [6.45, 7) is 1.08. The molecule has 4 aromatic rings. The summed E-state index contributed by atoms with van der Waals surface area (Å²) in [5.41, 5.74) is 2.27. The maximum absolute atomic E-state index is 14.6. The molecule has 0 radical (unpaired) electrons. The number of halogens is 3. The van der Waals surface area contributed by atoms with Crippen molar-refractivity contribution in [3.63, 3.8) is 0 Å². The third-order valence-electron chi connectivity index (χ3n) is 8.55. The predicted molar refractivity (Wildman–Crippen MR) is 188 cm³/mol. The average Bonchev–Trinajstić information content (AvgIpc) is 3.08. The van der Waals surface area contributed by atoms with Crippen LogP contribution in [0.4, 0.5) is 10.1 Å². The van der Waals surface area contributed by atoms with E-state index in [4.69, 9.17) is 23.2 Å². The smallest absolute Gasteiger partial charge is 0.264 e. The monoisotopic (exact) mass is 709 g/mol. The third kappa shape index (κ3) is 8.95.